The van der Waals surface area contributed by atoms with Crippen LogP contribution in [0.3, 0.4) is 0 Å². The highest BCUT2D eigenvalue weighted by Gasteiger charge is 2.09. The summed E-state index contributed by atoms with van der Waals surface area (Å²) < 4.78 is 17.5. The fraction of sp³-hybridized carbons (Fsp3) is 0.273. The minimum absolute atomic E-state index is 0.216. The molecule has 0 aliphatic rings. The van der Waals surface area contributed by atoms with Crippen LogP contribution in [0.1, 0.15) is 22.8 Å². The van der Waals surface area contributed by atoms with Crippen LogP contribution in [0.15, 0.2) is 18.2 Å². The van der Waals surface area contributed by atoms with Crippen LogP contribution >= 0.6 is 0 Å². The van der Waals surface area contributed by atoms with Crippen molar-refractivity contribution in [2.24, 2.45) is 0 Å². The van der Waals surface area contributed by atoms with Crippen LogP contribution < -0.4 is 0 Å². The number of rotatable bonds is 3. The van der Waals surface area contributed by atoms with Crippen LogP contribution in [-0.4, -0.2) is 18.4 Å². The van der Waals surface area contributed by atoms with Crippen molar-refractivity contribution in [2.75, 3.05) is 6.61 Å². The Balaban J connectivity index is 2.77. The third-order valence-corrected chi connectivity index (χ3v) is 1.77. The van der Waals surface area contributed by atoms with E-state index in [1.807, 2.05) is 0 Å². The number of ketones is 1. The summed E-state index contributed by atoms with van der Waals surface area (Å²) in [5.41, 5.74) is 0.870. The topological polar surface area (TPSA) is 43.4 Å². The molecule has 0 amide bonds. The largest absolute Gasteiger partial charge is 0.457 e. The Morgan fingerprint density at radius 3 is 2.53 bits per heavy atom. The van der Waals surface area contributed by atoms with Crippen molar-refractivity contribution >= 4 is 11.8 Å². The normalized spacial score (nSPS) is 9.80. The summed E-state index contributed by atoms with van der Waals surface area (Å²) in [7, 11) is 0. The quantitative estimate of drug-likeness (QED) is 0.565. The number of Topliss-reactive ketones (excluding diaryl/α,β-unsaturated/α-hetero) is 1. The lowest BCUT2D eigenvalue weighted by Gasteiger charge is -2.03. The maximum absolute atomic E-state index is 12.9. The van der Waals surface area contributed by atoms with Crippen molar-refractivity contribution in [2.45, 2.75) is 13.8 Å². The van der Waals surface area contributed by atoms with E-state index in [2.05, 4.69) is 4.74 Å². The van der Waals surface area contributed by atoms with Gasteiger partial charge in [0.25, 0.3) is 0 Å². The number of carbonyl (C=O) groups excluding carboxylic acids is 2. The minimum Gasteiger partial charge on any atom is -0.457 e. The van der Waals surface area contributed by atoms with Crippen LogP contribution in [0.4, 0.5) is 4.39 Å². The van der Waals surface area contributed by atoms with E-state index >= 15 is 0 Å². The van der Waals surface area contributed by atoms with Gasteiger partial charge in [0.05, 0.1) is 0 Å². The van der Waals surface area contributed by atoms with Gasteiger partial charge in [0.15, 0.2) is 12.4 Å². The Kier molecular flexibility index (Phi) is 3.55. The van der Waals surface area contributed by atoms with E-state index in [0.29, 0.717) is 5.56 Å². The molecule has 0 saturated heterocycles. The molecule has 0 saturated carbocycles. The van der Waals surface area contributed by atoms with Gasteiger partial charge in [0.2, 0.25) is 0 Å². The van der Waals surface area contributed by atoms with E-state index in [1.54, 1.807) is 13.0 Å². The summed E-state index contributed by atoms with van der Waals surface area (Å²) in [6, 6.07) is 4.00. The van der Waals surface area contributed by atoms with Gasteiger partial charge in [-0.15, -0.1) is 0 Å². The van der Waals surface area contributed by atoms with Gasteiger partial charge in [-0.25, -0.2) is 4.39 Å². The summed E-state index contributed by atoms with van der Waals surface area (Å²) in [6.07, 6.45) is 0. The molecule has 4 heteroatoms. The Morgan fingerprint density at radius 1 is 1.33 bits per heavy atom. The van der Waals surface area contributed by atoms with E-state index in [9.17, 15) is 14.0 Å². The number of ether oxygens (including phenoxy) is 1. The fourth-order valence-corrected chi connectivity index (χ4v) is 1.15. The second kappa shape index (κ2) is 4.68. The molecule has 0 atom stereocenters. The molecule has 0 radical (unpaired) electrons. The summed E-state index contributed by atoms with van der Waals surface area (Å²) >= 11 is 0. The SMILES string of the molecule is CC(=O)OCC(=O)c1cc(C)cc(F)c1. The molecule has 0 bridgehead atoms. The highest BCUT2D eigenvalue weighted by Crippen LogP contribution is 2.09. The van der Waals surface area contributed by atoms with Gasteiger partial charge in [0.1, 0.15) is 5.82 Å². The molecule has 3 nitrogen and oxygen atoms in total. The van der Waals surface area contributed by atoms with Gasteiger partial charge in [-0.1, -0.05) is 0 Å². The smallest absolute Gasteiger partial charge is 0.303 e. The highest BCUT2D eigenvalue weighted by molar-refractivity contribution is 5.98. The lowest BCUT2D eigenvalue weighted by molar-refractivity contribution is -0.139. The monoisotopic (exact) mass is 210 g/mol. The van der Waals surface area contributed by atoms with Gasteiger partial charge in [-0.05, 0) is 30.7 Å². The first kappa shape index (κ1) is 11.4. The fourth-order valence-electron chi connectivity index (χ4n) is 1.15. The van der Waals surface area contributed by atoms with E-state index in [4.69, 9.17) is 0 Å². The third-order valence-electron chi connectivity index (χ3n) is 1.77. The average molecular weight is 210 g/mol. The molecule has 1 rings (SSSR count). The molecular weight excluding hydrogens is 199 g/mol. The second-order valence-corrected chi connectivity index (χ2v) is 3.22. The van der Waals surface area contributed by atoms with Crippen LogP contribution in [0.5, 0.6) is 0 Å². The third kappa shape index (κ3) is 3.50. The van der Waals surface area contributed by atoms with Gasteiger partial charge in [0, 0.05) is 12.5 Å². The zero-order chi connectivity index (χ0) is 11.4. The van der Waals surface area contributed by atoms with Crippen molar-refractivity contribution in [3.63, 3.8) is 0 Å². The maximum Gasteiger partial charge on any atom is 0.303 e. The number of halogens is 1. The first-order valence-electron chi connectivity index (χ1n) is 4.43. The predicted octanol–water partition coefficient (Wildman–Crippen LogP) is 1.88. The molecule has 1 aromatic rings. The molecule has 80 valence electrons. The van der Waals surface area contributed by atoms with Crippen molar-refractivity contribution in [1.82, 2.24) is 0 Å². The summed E-state index contributed by atoms with van der Waals surface area (Å²) in [5, 5.41) is 0. The molecule has 0 aliphatic carbocycles. The van der Waals surface area contributed by atoms with Gasteiger partial charge in [-0.2, -0.15) is 0 Å². The number of aryl methyl sites for hydroxylation is 1. The Morgan fingerprint density at radius 2 is 2.00 bits per heavy atom. The van der Waals surface area contributed by atoms with Crippen molar-refractivity contribution in [3.05, 3.63) is 35.1 Å². The average Bonchev–Trinajstić information content (AvgIpc) is 2.12. The van der Waals surface area contributed by atoms with Gasteiger partial charge in [-0.3, -0.25) is 9.59 Å². The Hall–Kier alpha value is -1.71. The molecule has 0 spiro atoms. The molecule has 0 aromatic heterocycles. The summed E-state index contributed by atoms with van der Waals surface area (Å²) in [4.78, 5) is 21.9. The van der Waals surface area contributed by atoms with Crippen LogP contribution in [0.25, 0.3) is 0 Å². The zero-order valence-electron chi connectivity index (χ0n) is 8.54. The predicted molar refractivity (Wildman–Crippen MR) is 52.1 cm³/mol. The van der Waals surface area contributed by atoms with Crippen molar-refractivity contribution in [3.8, 4) is 0 Å². The van der Waals surface area contributed by atoms with Crippen LogP contribution in [-0.2, 0) is 9.53 Å². The zero-order valence-corrected chi connectivity index (χ0v) is 8.54. The number of benzene rings is 1. The first-order valence-corrected chi connectivity index (χ1v) is 4.43. The molecule has 15 heavy (non-hydrogen) atoms. The Labute approximate surface area is 86.9 Å². The lowest BCUT2D eigenvalue weighted by Crippen LogP contribution is -2.12. The summed E-state index contributed by atoms with van der Waals surface area (Å²) in [6.45, 7) is 2.55. The standard InChI is InChI=1S/C11H11FO3/c1-7-3-9(5-10(12)4-7)11(14)6-15-8(2)13/h3-5H,6H2,1-2H3. The summed E-state index contributed by atoms with van der Waals surface area (Å²) in [5.74, 6) is -1.41. The van der Waals surface area contributed by atoms with E-state index in [0.717, 1.165) is 6.07 Å². The number of hydrogen-bond acceptors (Lipinski definition) is 3. The van der Waals surface area contributed by atoms with Gasteiger partial charge >= 0.3 is 5.97 Å². The Bertz CT molecular complexity index is 379. The molecule has 0 unspecified atom stereocenters. The molecule has 0 aliphatic heterocycles. The molecule has 0 heterocycles. The molecular formula is C11H11FO3. The van der Waals surface area contributed by atoms with Crippen molar-refractivity contribution in [1.29, 1.82) is 0 Å². The number of carbonyl (C=O) groups is 2. The maximum atomic E-state index is 12.9. The number of esters is 1. The second-order valence-electron chi connectivity index (χ2n) is 3.22. The van der Waals surface area contributed by atoms with Crippen LogP contribution in [0.2, 0.25) is 0 Å². The van der Waals surface area contributed by atoms with Crippen LogP contribution in [0, 0.1) is 12.7 Å². The molecule has 1 aromatic carbocycles. The lowest BCUT2D eigenvalue weighted by atomic mass is 10.1. The van der Waals surface area contributed by atoms with Crippen molar-refractivity contribution < 1.29 is 18.7 Å². The van der Waals surface area contributed by atoms with E-state index < -0.39 is 17.6 Å². The molecule has 0 fully saturated rings. The number of hydrogen-bond donors (Lipinski definition) is 0. The van der Waals surface area contributed by atoms with E-state index in [1.165, 1.54) is 13.0 Å². The van der Waals surface area contributed by atoms with Gasteiger partial charge < -0.3 is 4.74 Å². The molecule has 0 N–H and O–H groups in total. The first-order chi connectivity index (χ1) is 6.99. The minimum atomic E-state index is -0.531. The van der Waals surface area contributed by atoms with E-state index in [-0.39, 0.29) is 12.2 Å². The highest BCUT2D eigenvalue weighted by atomic mass is 19.1.